The molecule has 2 amide bonds. The standard InChI is InChI=1S/C30H58BN3O18P3S2/c1-30(2,11-18-48-28(35)10-8-17-45-20-21-46-19-15-32-3)57-56-24-47-16-7-5-6-13-33-29(36)34-14-9-12-31-27-22-25(44-4)26(50-27)23-49-54(40,41)52-55(42,43)51-53(37,38)39/h25-27,32H,5-8,10-11,13-24H2,1-4H3,(H,40,41)(H,42,43)(H2,33,34,36)(H2,37,38,39)/t25-,26+,27+/m0/s1/i4D. The van der Waals surface area contributed by atoms with Gasteiger partial charge in [0, 0.05) is 50.6 Å². The summed E-state index contributed by atoms with van der Waals surface area (Å²) in [6.07, 6.45) is 2.40. The Morgan fingerprint density at radius 2 is 1.67 bits per heavy atom. The summed E-state index contributed by atoms with van der Waals surface area (Å²) in [5.74, 6) is 5.74. The summed E-state index contributed by atoms with van der Waals surface area (Å²) in [6.45, 7) is 7.84. The fourth-order valence-corrected chi connectivity index (χ4v) is 9.67. The molecule has 0 aliphatic carbocycles. The molecule has 0 aromatic carbocycles. The van der Waals surface area contributed by atoms with Crippen LogP contribution in [0.2, 0.25) is 0 Å². The first-order valence-electron chi connectivity index (χ1n) is 18.6. The van der Waals surface area contributed by atoms with E-state index in [1.165, 1.54) is 7.28 Å². The Labute approximate surface area is 344 Å². The van der Waals surface area contributed by atoms with Gasteiger partial charge in [-0.1, -0.05) is 27.5 Å². The molecule has 0 bridgehead atoms. The van der Waals surface area contributed by atoms with Gasteiger partial charge in [0.1, 0.15) is 12.0 Å². The third-order valence-electron chi connectivity index (χ3n) is 7.14. The maximum atomic E-state index is 12.1. The second-order valence-electron chi connectivity index (χ2n) is 12.6. The van der Waals surface area contributed by atoms with E-state index in [0.717, 1.165) is 25.8 Å². The number of rotatable bonds is 33. The van der Waals surface area contributed by atoms with E-state index in [1.54, 1.807) is 21.6 Å². The molecule has 5 atom stereocenters. The Hall–Kier alpha value is -0.765. The number of nitrogens with one attached hydrogen (secondary N) is 3. The summed E-state index contributed by atoms with van der Waals surface area (Å²) in [5, 5.41) is 8.34. The third-order valence-corrected chi connectivity index (χ3v) is 14.0. The molecule has 0 saturated carbocycles. The lowest BCUT2D eigenvalue weighted by atomic mass is 9.71. The molecule has 2 unspecified atom stereocenters. The number of likely N-dealkylation sites (N-methyl/N-ethyl adjacent to an activating group) is 1. The topological polar surface area (TPSA) is 285 Å². The average Bonchev–Trinajstić information content (AvgIpc) is 3.50. The Morgan fingerprint density at radius 1 is 0.930 bits per heavy atom. The molecule has 331 valence electrons. The van der Waals surface area contributed by atoms with E-state index >= 15 is 0 Å². The van der Waals surface area contributed by atoms with E-state index in [2.05, 4.69) is 54.7 Å². The van der Waals surface area contributed by atoms with Crippen LogP contribution in [0.4, 0.5) is 4.79 Å². The quantitative estimate of drug-likeness (QED) is 0.00947. The Bertz CT molecular complexity index is 1380. The zero-order valence-corrected chi connectivity index (χ0v) is 36.7. The number of amides is 2. The molecule has 0 aromatic rings. The van der Waals surface area contributed by atoms with Crippen LogP contribution < -0.4 is 16.0 Å². The number of methoxy groups -OCH3 is 1. The van der Waals surface area contributed by atoms with E-state index in [1.807, 2.05) is 7.05 Å². The number of hydrogen-bond acceptors (Lipinski definition) is 17. The van der Waals surface area contributed by atoms with Crippen molar-refractivity contribution in [3.63, 3.8) is 0 Å². The highest BCUT2D eigenvalue weighted by Crippen LogP contribution is 2.66. The van der Waals surface area contributed by atoms with Gasteiger partial charge in [-0.3, -0.25) is 9.32 Å². The van der Waals surface area contributed by atoms with Gasteiger partial charge in [-0.2, -0.15) is 14.4 Å². The van der Waals surface area contributed by atoms with Crippen LogP contribution in [0.15, 0.2) is 0 Å². The summed E-state index contributed by atoms with van der Waals surface area (Å²) in [5.41, 5.74) is 0. The van der Waals surface area contributed by atoms with Crippen molar-refractivity contribution in [2.75, 3.05) is 86.0 Å². The minimum atomic E-state index is -5.68. The van der Waals surface area contributed by atoms with Gasteiger partial charge in [0.05, 0.1) is 47.1 Å². The Balaban J connectivity index is 2.10. The van der Waals surface area contributed by atoms with E-state index in [9.17, 15) is 33.1 Å². The summed E-state index contributed by atoms with van der Waals surface area (Å²) < 4.78 is 86.2. The smallest absolute Gasteiger partial charge is 0.466 e. The first-order valence-corrected chi connectivity index (χ1v) is 24.7. The fourth-order valence-electron chi connectivity index (χ4n) is 4.36. The Morgan fingerprint density at radius 3 is 2.39 bits per heavy atom. The van der Waals surface area contributed by atoms with E-state index in [4.69, 9.17) is 39.6 Å². The lowest BCUT2D eigenvalue weighted by Gasteiger charge is -2.22. The van der Waals surface area contributed by atoms with Crippen molar-refractivity contribution in [3.8, 4) is 11.7 Å². The van der Waals surface area contributed by atoms with E-state index in [-0.39, 0.29) is 23.7 Å². The van der Waals surface area contributed by atoms with Crippen LogP contribution in [-0.2, 0) is 60.1 Å². The highest BCUT2D eigenvalue weighted by atomic mass is 33.1. The maximum Gasteiger partial charge on any atom is 0.490 e. The Kier molecular flexibility index (Phi) is 27.8. The number of esters is 1. The molecule has 21 nitrogen and oxygen atoms in total. The predicted octanol–water partition coefficient (Wildman–Crippen LogP) is 2.69. The summed E-state index contributed by atoms with van der Waals surface area (Å²) in [4.78, 5) is 60.2. The molecule has 1 rings (SSSR count). The minimum absolute atomic E-state index is 0.0212. The van der Waals surface area contributed by atoms with Crippen molar-refractivity contribution >= 4 is 64.3 Å². The second kappa shape index (κ2) is 30.3. The van der Waals surface area contributed by atoms with Gasteiger partial charge in [0.2, 0.25) is 0 Å². The van der Waals surface area contributed by atoms with Crippen LogP contribution >= 0.6 is 45.1 Å². The van der Waals surface area contributed by atoms with Gasteiger partial charge in [-0.25, -0.2) is 18.5 Å². The SMILES string of the molecule is [2H]CO[C@H]1C[C@H]([B]C#CCNC(=O)NCCCCCOCSSC(C)(C)CCOC(=O)CCCOCCOCCNC)O[C@@H]1COP(=O)(O)OP(=O)(O)OP(=O)(O)O. The molecule has 1 heterocycles. The van der Waals surface area contributed by atoms with E-state index in [0.29, 0.717) is 71.4 Å². The number of carbonyl (C=O) groups is 2. The molecule has 0 aromatic heterocycles. The van der Waals surface area contributed by atoms with Crippen molar-refractivity contribution in [2.24, 2.45) is 0 Å². The molecular formula is C30H58BN3O18P3S2. The van der Waals surface area contributed by atoms with Crippen molar-refractivity contribution in [3.05, 3.63) is 0 Å². The largest absolute Gasteiger partial charge is 0.490 e. The highest BCUT2D eigenvalue weighted by molar-refractivity contribution is 8.77. The molecule has 1 saturated heterocycles. The third kappa shape index (κ3) is 30.8. The number of carbonyl (C=O) groups excluding carboxylic acids is 2. The van der Waals surface area contributed by atoms with Gasteiger partial charge in [-0.15, -0.1) is 0 Å². The number of phosphoric ester groups is 1. The predicted molar refractivity (Wildman–Crippen MR) is 213 cm³/mol. The summed E-state index contributed by atoms with van der Waals surface area (Å²) >= 11 is 0. The maximum absolute atomic E-state index is 12.1. The molecule has 1 radical (unpaired) electrons. The van der Waals surface area contributed by atoms with Gasteiger partial charge < -0.3 is 63.9 Å². The number of unbranched alkanes of at least 4 members (excludes halogenated alkanes) is 2. The van der Waals surface area contributed by atoms with Crippen LogP contribution in [0.5, 0.6) is 0 Å². The highest BCUT2D eigenvalue weighted by Gasteiger charge is 2.43. The molecule has 1 fully saturated rings. The first kappa shape index (κ1) is 52.4. The molecule has 57 heavy (non-hydrogen) atoms. The van der Waals surface area contributed by atoms with Crippen molar-refractivity contribution in [2.45, 2.75) is 81.8 Å². The second-order valence-corrected chi connectivity index (χ2v) is 20.0. The molecule has 27 heteroatoms. The molecule has 1 aliphatic rings. The molecule has 7 N–H and O–H groups in total. The van der Waals surface area contributed by atoms with Crippen LogP contribution in [-0.4, -0.2) is 148 Å². The molecular weight excluding hydrogens is 858 g/mol. The normalized spacial score (nSPS) is 19.4. The number of phosphoric acid groups is 3. The first-order chi connectivity index (χ1) is 27.4. The summed E-state index contributed by atoms with van der Waals surface area (Å²) in [6, 6.07) is -1.07. The lowest BCUT2D eigenvalue weighted by molar-refractivity contribution is -0.144. The van der Waals surface area contributed by atoms with E-state index < -0.39 is 61.4 Å². The van der Waals surface area contributed by atoms with Crippen molar-refractivity contribution < 1.29 is 85.8 Å². The van der Waals surface area contributed by atoms with Crippen LogP contribution in [0.3, 0.4) is 0 Å². The minimum Gasteiger partial charge on any atom is -0.466 e. The number of hydrogen-bond donors (Lipinski definition) is 7. The zero-order valence-electron chi connectivity index (χ0n) is 33.4. The van der Waals surface area contributed by atoms with Crippen molar-refractivity contribution in [1.82, 2.24) is 16.0 Å². The van der Waals surface area contributed by atoms with Gasteiger partial charge in [0.15, 0.2) is 0 Å². The fraction of sp³-hybridized carbons (Fsp3) is 0.867. The van der Waals surface area contributed by atoms with Crippen LogP contribution in [0, 0.1) is 11.7 Å². The van der Waals surface area contributed by atoms with Crippen LogP contribution in [0.1, 0.15) is 60.2 Å². The average molecular weight is 918 g/mol. The molecule has 1 aliphatic heterocycles. The van der Waals surface area contributed by atoms with Crippen molar-refractivity contribution in [1.29, 1.82) is 0 Å². The van der Waals surface area contributed by atoms with Gasteiger partial charge in [0.25, 0.3) is 7.28 Å². The van der Waals surface area contributed by atoms with Gasteiger partial charge in [-0.05, 0) is 59.4 Å². The van der Waals surface area contributed by atoms with Crippen LogP contribution in [0.25, 0.3) is 0 Å². The number of ether oxygens (including phenoxy) is 6. The number of urea groups is 1. The summed E-state index contributed by atoms with van der Waals surface area (Å²) in [7, 11) is -10.5. The molecule has 0 spiro atoms. The lowest BCUT2D eigenvalue weighted by Crippen LogP contribution is -2.36. The van der Waals surface area contributed by atoms with Gasteiger partial charge >= 0.3 is 35.5 Å². The zero-order chi connectivity index (χ0) is 43.3. The monoisotopic (exact) mass is 917 g/mol.